The topological polar surface area (TPSA) is 26.3 Å². The summed E-state index contributed by atoms with van der Waals surface area (Å²) in [6.45, 7) is 3.71. The second kappa shape index (κ2) is 22.6. The van der Waals surface area contributed by atoms with Crippen LogP contribution in [0.25, 0.3) is 0 Å². The molecule has 0 aromatic heterocycles. The highest BCUT2D eigenvalue weighted by atomic mass is 16.5. The van der Waals surface area contributed by atoms with Crippen LogP contribution in [-0.4, -0.2) is 44.7 Å². The fourth-order valence-electron chi connectivity index (χ4n) is 4.03. The van der Waals surface area contributed by atoms with E-state index in [1.165, 1.54) is 122 Å². The van der Waals surface area contributed by atoms with E-state index in [1.54, 1.807) is 0 Å². The third kappa shape index (κ3) is 27.4. The maximum absolute atomic E-state index is 11.7. The van der Waals surface area contributed by atoms with E-state index in [-0.39, 0.29) is 5.97 Å². The zero-order valence-corrected chi connectivity index (χ0v) is 22.0. The number of hydrogen-bond donors (Lipinski definition) is 0. The maximum atomic E-state index is 11.7. The van der Waals surface area contributed by atoms with Crippen molar-refractivity contribution in [2.24, 2.45) is 0 Å². The number of esters is 1. The van der Waals surface area contributed by atoms with Crippen molar-refractivity contribution in [1.29, 1.82) is 0 Å². The molecule has 0 aromatic carbocycles. The first-order valence-electron chi connectivity index (χ1n) is 13.9. The Morgan fingerprint density at radius 2 is 0.871 bits per heavy atom. The predicted molar refractivity (Wildman–Crippen MR) is 136 cm³/mol. The number of unbranched alkanes of at least 4 members (excludes halogenated alkanes) is 19. The summed E-state index contributed by atoms with van der Waals surface area (Å²) < 4.78 is 6.14. The molecule has 0 saturated carbocycles. The van der Waals surface area contributed by atoms with Gasteiger partial charge in [0.25, 0.3) is 0 Å². The molecule has 0 radical (unpaired) electrons. The minimum Gasteiger partial charge on any atom is -0.460 e. The van der Waals surface area contributed by atoms with Crippen LogP contribution < -0.4 is 0 Å². The molecule has 0 heterocycles. The number of hydrogen-bond acceptors (Lipinski definition) is 2. The van der Waals surface area contributed by atoms with Gasteiger partial charge in [0.15, 0.2) is 0 Å². The van der Waals surface area contributed by atoms with Gasteiger partial charge >= 0.3 is 5.97 Å². The van der Waals surface area contributed by atoms with Crippen molar-refractivity contribution < 1.29 is 14.0 Å². The summed E-state index contributed by atoms with van der Waals surface area (Å²) in [5.41, 5.74) is 0. The van der Waals surface area contributed by atoms with E-state index in [0.29, 0.717) is 13.0 Å². The molecule has 0 aromatic rings. The molecule has 31 heavy (non-hydrogen) atoms. The molecule has 0 aliphatic heterocycles. The lowest BCUT2D eigenvalue weighted by molar-refractivity contribution is -0.870. The van der Waals surface area contributed by atoms with Gasteiger partial charge in [0, 0.05) is 6.42 Å². The largest absolute Gasteiger partial charge is 0.460 e. The van der Waals surface area contributed by atoms with E-state index in [4.69, 9.17) is 4.74 Å². The summed E-state index contributed by atoms with van der Waals surface area (Å²) in [5.74, 6) is -0.0177. The van der Waals surface area contributed by atoms with Crippen LogP contribution in [0.15, 0.2) is 0 Å². The number of likely N-dealkylation sites (N-methyl/N-ethyl adjacent to an activating group) is 1. The van der Waals surface area contributed by atoms with Gasteiger partial charge in [-0.25, -0.2) is 0 Å². The van der Waals surface area contributed by atoms with Gasteiger partial charge < -0.3 is 9.22 Å². The molecule has 3 heteroatoms. The maximum Gasteiger partial charge on any atom is 0.305 e. The van der Waals surface area contributed by atoms with E-state index >= 15 is 0 Å². The predicted octanol–water partition coefficient (Wildman–Crippen LogP) is 8.45. The van der Waals surface area contributed by atoms with Crippen molar-refractivity contribution in [3.63, 3.8) is 0 Å². The van der Waals surface area contributed by atoms with Crippen molar-refractivity contribution in [2.75, 3.05) is 34.3 Å². The van der Waals surface area contributed by atoms with Crippen LogP contribution in [0.4, 0.5) is 0 Å². The smallest absolute Gasteiger partial charge is 0.305 e. The molecule has 3 nitrogen and oxygen atoms in total. The lowest BCUT2D eigenvalue weighted by atomic mass is 10.0. The Balaban J connectivity index is 3.13. The van der Waals surface area contributed by atoms with Crippen LogP contribution in [0, 0.1) is 0 Å². The molecular weight excluding hydrogens is 382 g/mol. The fraction of sp³-hybridized carbons (Fsp3) is 0.964. The molecule has 0 bridgehead atoms. The van der Waals surface area contributed by atoms with E-state index in [2.05, 4.69) is 28.1 Å². The van der Waals surface area contributed by atoms with Gasteiger partial charge in [0.05, 0.1) is 21.1 Å². The summed E-state index contributed by atoms with van der Waals surface area (Å²) in [5, 5.41) is 0. The molecule has 0 rings (SSSR count). The van der Waals surface area contributed by atoms with Crippen LogP contribution in [-0.2, 0) is 9.53 Å². The highest BCUT2D eigenvalue weighted by molar-refractivity contribution is 5.69. The molecule has 0 spiro atoms. The van der Waals surface area contributed by atoms with Gasteiger partial charge in [-0.2, -0.15) is 0 Å². The number of rotatable bonds is 24. The molecular formula is C28H58NO2+. The highest BCUT2D eigenvalue weighted by Gasteiger charge is 2.09. The van der Waals surface area contributed by atoms with E-state index < -0.39 is 0 Å². The van der Waals surface area contributed by atoms with Crippen LogP contribution in [0.2, 0.25) is 0 Å². The normalized spacial score (nSPS) is 11.7. The zero-order valence-electron chi connectivity index (χ0n) is 22.0. The number of quaternary nitrogens is 1. The van der Waals surface area contributed by atoms with Gasteiger partial charge in [0.2, 0.25) is 0 Å². The van der Waals surface area contributed by atoms with E-state index in [9.17, 15) is 4.79 Å². The summed E-state index contributed by atoms with van der Waals surface area (Å²) in [6.07, 6.45) is 28.3. The minimum atomic E-state index is -0.0177. The van der Waals surface area contributed by atoms with Crippen LogP contribution in [0.5, 0.6) is 0 Å². The lowest BCUT2D eigenvalue weighted by Gasteiger charge is -2.23. The summed E-state index contributed by atoms with van der Waals surface area (Å²) >= 11 is 0. The zero-order chi connectivity index (χ0) is 23.0. The summed E-state index contributed by atoms with van der Waals surface area (Å²) in [7, 11) is 6.35. The van der Waals surface area contributed by atoms with Gasteiger partial charge in [-0.05, 0) is 6.42 Å². The Labute approximate surface area is 196 Å². The average molecular weight is 441 g/mol. The number of ether oxygens (including phenoxy) is 1. The number of carbonyl (C=O) groups excluding carboxylic acids is 1. The van der Waals surface area contributed by atoms with Gasteiger partial charge in [0.1, 0.15) is 13.2 Å². The average Bonchev–Trinajstić information content (AvgIpc) is 2.71. The Bertz CT molecular complexity index is 376. The van der Waals surface area contributed by atoms with Crippen LogP contribution >= 0.6 is 0 Å². The molecule has 186 valence electrons. The Kier molecular flexibility index (Phi) is 22.2. The first kappa shape index (κ1) is 30.4. The first-order chi connectivity index (χ1) is 15.0. The van der Waals surface area contributed by atoms with E-state index in [1.807, 2.05) is 0 Å². The molecule has 0 aliphatic rings. The molecule has 0 amide bonds. The molecule has 0 aliphatic carbocycles. The molecule has 0 saturated heterocycles. The number of nitrogens with zero attached hydrogens (tertiary/aromatic N) is 1. The van der Waals surface area contributed by atoms with Crippen molar-refractivity contribution in [3.8, 4) is 0 Å². The fourth-order valence-corrected chi connectivity index (χ4v) is 4.03. The van der Waals surface area contributed by atoms with Crippen molar-refractivity contribution in [1.82, 2.24) is 0 Å². The quantitative estimate of drug-likeness (QED) is 0.0854. The standard InChI is InChI=1S/C28H58NO2/c1-5-6-7-8-9-10-11-12-13-14-15-16-17-18-19-20-21-22-23-24-25-28(30)31-27-26-29(2,3)4/h5-27H2,1-4H3/q+1. The van der Waals surface area contributed by atoms with Gasteiger partial charge in [-0.15, -0.1) is 0 Å². The van der Waals surface area contributed by atoms with Gasteiger partial charge in [-0.3, -0.25) is 4.79 Å². The molecule has 0 fully saturated rings. The van der Waals surface area contributed by atoms with Crippen molar-refractivity contribution >= 4 is 5.97 Å². The van der Waals surface area contributed by atoms with Crippen molar-refractivity contribution in [2.45, 2.75) is 142 Å². The monoisotopic (exact) mass is 440 g/mol. The van der Waals surface area contributed by atoms with E-state index in [0.717, 1.165) is 17.4 Å². The van der Waals surface area contributed by atoms with Crippen LogP contribution in [0.3, 0.4) is 0 Å². The highest BCUT2D eigenvalue weighted by Crippen LogP contribution is 2.15. The number of carbonyl (C=O) groups is 1. The Hall–Kier alpha value is -0.570. The Morgan fingerprint density at radius 1 is 0.548 bits per heavy atom. The van der Waals surface area contributed by atoms with Crippen LogP contribution in [0.1, 0.15) is 142 Å². The third-order valence-corrected chi connectivity index (χ3v) is 6.26. The lowest BCUT2D eigenvalue weighted by Crippen LogP contribution is -2.37. The minimum absolute atomic E-state index is 0.0177. The van der Waals surface area contributed by atoms with Gasteiger partial charge in [-0.1, -0.05) is 129 Å². The van der Waals surface area contributed by atoms with Crippen molar-refractivity contribution in [3.05, 3.63) is 0 Å². The SMILES string of the molecule is CCCCCCCCCCCCCCCCCCCCCCC(=O)OCC[N+](C)(C)C. The third-order valence-electron chi connectivity index (χ3n) is 6.26. The first-order valence-corrected chi connectivity index (χ1v) is 13.9. The second-order valence-corrected chi connectivity index (χ2v) is 10.7. The molecule has 0 atom stereocenters. The molecule has 0 unspecified atom stereocenters. The second-order valence-electron chi connectivity index (χ2n) is 10.7. The molecule has 0 N–H and O–H groups in total. The summed E-state index contributed by atoms with van der Waals surface area (Å²) in [4.78, 5) is 11.7. The summed E-state index contributed by atoms with van der Waals surface area (Å²) in [6, 6.07) is 0. The Morgan fingerprint density at radius 3 is 1.19 bits per heavy atom.